The van der Waals surface area contributed by atoms with Crippen molar-refractivity contribution in [3.63, 3.8) is 0 Å². The van der Waals surface area contributed by atoms with Gasteiger partial charge in [0.2, 0.25) is 0 Å². The van der Waals surface area contributed by atoms with Gasteiger partial charge in [-0.2, -0.15) is 0 Å². The summed E-state index contributed by atoms with van der Waals surface area (Å²) in [5.74, 6) is 0. The van der Waals surface area contributed by atoms with Crippen LogP contribution >= 0.6 is 0 Å². The van der Waals surface area contributed by atoms with E-state index >= 15 is 0 Å². The number of benzene rings is 1. The zero-order valence-corrected chi connectivity index (χ0v) is 7.80. The first kappa shape index (κ1) is 9.05. The Morgan fingerprint density at radius 3 is 2.58 bits per heavy atom. The van der Waals surface area contributed by atoms with Gasteiger partial charge < -0.3 is 0 Å². The monoisotopic (exact) mass is 159 g/mol. The summed E-state index contributed by atoms with van der Waals surface area (Å²) in [7, 11) is 0. The van der Waals surface area contributed by atoms with Gasteiger partial charge in [-0.15, -0.1) is 0 Å². The number of hydrogen-bond donors (Lipinski definition) is 0. The van der Waals surface area contributed by atoms with Crippen molar-refractivity contribution in [3.05, 3.63) is 47.9 Å². The predicted molar refractivity (Wildman–Crippen MR) is 54.9 cm³/mol. The fourth-order valence-corrected chi connectivity index (χ4v) is 1.09. The van der Waals surface area contributed by atoms with Crippen LogP contribution in [0.3, 0.4) is 0 Å². The molecule has 0 aliphatic rings. The standard InChI is InChI=1S/C12H15/c1-4-5-6-12-8-7-10(2)11(3)9-12/h5-9H,1,4H2,2-3H3. The summed E-state index contributed by atoms with van der Waals surface area (Å²) in [6, 6.07) is 6.48. The molecule has 1 aromatic rings. The SMILES string of the molecule is [CH2]CC=Cc1ccc(C)c(C)c1. The molecular formula is C12H15. The summed E-state index contributed by atoms with van der Waals surface area (Å²) in [4.78, 5) is 0. The molecule has 0 aromatic heterocycles. The van der Waals surface area contributed by atoms with E-state index in [2.05, 4.69) is 51.1 Å². The molecule has 1 rings (SSSR count). The smallest absolute Gasteiger partial charge is 0.0257 e. The third-order valence-corrected chi connectivity index (χ3v) is 2.01. The van der Waals surface area contributed by atoms with Gasteiger partial charge in [-0.1, -0.05) is 30.4 Å². The second-order valence-electron chi connectivity index (χ2n) is 3.03. The minimum absolute atomic E-state index is 0.854. The van der Waals surface area contributed by atoms with E-state index in [4.69, 9.17) is 0 Å². The molecule has 0 heteroatoms. The van der Waals surface area contributed by atoms with E-state index in [1.807, 2.05) is 0 Å². The molecule has 0 aliphatic heterocycles. The average Bonchev–Trinajstić information content (AvgIpc) is 2.07. The average molecular weight is 159 g/mol. The zero-order valence-electron chi connectivity index (χ0n) is 7.80. The van der Waals surface area contributed by atoms with Crippen molar-refractivity contribution in [1.82, 2.24) is 0 Å². The fourth-order valence-electron chi connectivity index (χ4n) is 1.09. The van der Waals surface area contributed by atoms with Gasteiger partial charge in [0, 0.05) is 0 Å². The number of hydrogen-bond acceptors (Lipinski definition) is 0. The van der Waals surface area contributed by atoms with Crippen LogP contribution < -0.4 is 0 Å². The van der Waals surface area contributed by atoms with E-state index in [0.717, 1.165) is 6.42 Å². The lowest BCUT2D eigenvalue weighted by Gasteiger charge is -2.00. The van der Waals surface area contributed by atoms with Gasteiger partial charge in [0.15, 0.2) is 0 Å². The van der Waals surface area contributed by atoms with Crippen LogP contribution in [0.4, 0.5) is 0 Å². The van der Waals surface area contributed by atoms with Crippen molar-refractivity contribution in [2.45, 2.75) is 20.3 Å². The Morgan fingerprint density at radius 2 is 2.00 bits per heavy atom. The van der Waals surface area contributed by atoms with Gasteiger partial charge >= 0.3 is 0 Å². The third-order valence-electron chi connectivity index (χ3n) is 2.01. The van der Waals surface area contributed by atoms with Crippen molar-refractivity contribution < 1.29 is 0 Å². The summed E-state index contributed by atoms with van der Waals surface area (Å²) in [6.45, 7) is 8.02. The maximum absolute atomic E-state index is 3.75. The van der Waals surface area contributed by atoms with Crippen LogP contribution in [0, 0.1) is 20.8 Å². The van der Waals surface area contributed by atoms with Gasteiger partial charge in [-0.25, -0.2) is 0 Å². The molecule has 0 atom stereocenters. The van der Waals surface area contributed by atoms with E-state index in [9.17, 15) is 0 Å². The van der Waals surface area contributed by atoms with Crippen LogP contribution in [0.1, 0.15) is 23.1 Å². The summed E-state index contributed by atoms with van der Waals surface area (Å²) in [6.07, 6.45) is 5.04. The lowest BCUT2D eigenvalue weighted by Crippen LogP contribution is -1.80. The van der Waals surface area contributed by atoms with E-state index in [0.29, 0.717) is 0 Å². The van der Waals surface area contributed by atoms with Crippen molar-refractivity contribution in [3.8, 4) is 0 Å². The first-order valence-corrected chi connectivity index (χ1v) is 4.27. The van der Waals surface area contributed by atoms with Crippen molar-refractivity contribution in [2.75, 3.05) is 0 Å². The highest BCUT2D eigenvalue weighted by molar-refractivity contribution is 5.51. The first-order chi connectivity index (χ1) is 5.74. The van der Waals surface area contributed by atoms with Gasteiger partial charge in [0.05, 0.1) is 0 Å². The Kier molecular flexibility index (Phi) is 3.09. The predicted octanol–water partition coefficient (Wildman–Crippen LogP) is 3.54. The molecule has 0 nitrogen and oxygen atoms in total. The second-order valence-corrected chi connectivity index (χ2v) is 3.03. The van der Waals surface area contributed by atoms with Crippen LogP contribution in [0.25, 0.3) is 6.08 Å². The molecule has 12 heavy (non-hydrogen) atoms. The Balaban J connectivity index is 2.89. The Hall–Kier alpha value is -1.04. The Bertz CT molecular complexity index is 282. The molecule has 0 N–H and O–H groups in total. The molecule has 0 unspecified atom stereocenters. The number of allylic oxidation sites excluding steroid dienone is 1. The zero-order chi connectivity index (χ0) is 8.97. The topological polar surface area (TPSA) is 0 Å². The maximum atomic E-state index is 3.75. The molecule has 0 saturated carbocycles. The minimum Gasteiger partial charge on any atom is -0.0839 e. The highest BCUT2D eigenvalue weighted by atomic mass is 14.0. The molecule has 0 amide bonds. The van der Waals surface area contributed by atoms with Crippen molar-refractivity contribution in [2.24, 2.45) is 0 Å². The van der Waals surface area contributed by atoms with Gasteiger partial charge in [-0.05, 0) is 43.9 Å². The molecule has 0 saturated heterocycles. The van der Waals surface area contributed by atoms with E-state index < -0.39 is 0 Å². The van der Waals surface area contributed by atoms with Crippen LogP contribution in [-0.2, 0) is 0 Å². The molecule has 63 valence electrons. The Morgan fingerprint density at radius 1 is 1.25 bits per heavy atom. The van der Waals surface area contributed by atoms with Crippen LogP contribution in [0.5, 0.6) is 0 Å². The van der Waals surface area contributed by atoms with E-state index in [1.165, 1.54) is 16.7 Å². The van der Waals surface area contributed by atoms with Crippen LogP contribution in [0.15, 0.2) is 24.3 Å². The fraction of sp³-hybridized carbons (Fsp3) is 0.250. The molecule has 1 radical (unpaired) electrons. The van der Waals surface area contributed by atoms with Gasteiger partial charge in [0.1, 0.15) is 0 Å². The normalized spacial score (nSPS) is 10.9. The molecule has 1 aromatic carbocycles. The van der Waals surface area contributed by atoms with Gasteiger partial charge in [0.25, 0.3) is 0 Å². The summed E-state index contributed by atoms with van der Waals surface area (Å²) in [5.41, 5.74) is 3.96. The number of aryl methyl sites for hydroxylation is 2. The van der Waals surface area contributed by atoms with E-state index in [1.54, 1.807) is 0 Å². The quantitative estimate of drug-likeness (QED) is 0.619. The summed E-state index contributed by atoms with van der Waals surface area (Å²) in [5, 5.41) is 0. The molecular weight excluding hydrogens is 144 g/mol. The maximum Gasteiger partial charge on any atom is -0.0257 e. The molecule has 0 heterocycles. The van der Waals surface area contributed by atoms with Crippen LogP contribution in [0.2, 0.25) is 0 Å². The molecule has 0 fully saturated rings. The van der Waals surface area contributed by atoms with Gasteiger partial charge in [-0.3, -0.25) is 0 Å². The highest BCUT2D eigenvalue weighted by Gasteiger charge is 1.91. The van der Waals surface area contributed by atoms with E-state index in [-0.39, 0.29) is 0 Å². The lowest BCUT2D eigenvalue weighted by atomic mass is 10.1. The lowest BCUT2D eigenvalue weighted by molar-refractivity contribution is 1.33. The van der Waals surface area contributed by atoms with Crippen molar-refractivity contribution >= 4 is 6.08 Å². The summed E-state index contributed by atoms with van der Waals surface area (Å²) < 4.78 is 0. The highest BCUT2D eigenvalue weighted by Crippen LogP contribution is 2.11. The van der Waals surface area contributed by atoms with Crippen LogP contribution in [-0.4, -0.2) is 0 Å². The summed E-state index contributed by atoms with van der Waals surface area (Å²) >= 11 is 0. The third kappa shape index (κ3) is 2.23. The minimum atomic E-state index is 0.854. The Labute approximate surface area is 74.9 Å². The number of rotatable bonds is 2. The molecule has 0 spiro atoms. The molecule has 0 aliphatic carbocycles. The molecule has 0 bridgehead atoms. The largest absolute Gasteiger partial charge is 0.0839 e. The first-order valence-electron chi connectivity index (χ1n) is 4.27. The second kappa shape index (κ2) is 4.10. The van der Waals surface area contributed by atoms with Crippen molar-refractivity contribution in [1.29, 1.82) is 0 Å².